The highest BCUT2D eigenvalue weighted by Crippen LogP contribution is 2.48. The Morgan fingerprint density at radius 2 is 1.02 bits per heavy atom. The van der Waals surface area contributed by atoms with Gasteiger partial charge in [0, 0.05) is 28.9 Å². The zero-order valence-corrected chi connectivity index (χ0v) is 26.5. The van der Waals surface area contributed by atoms with Crippen molar-refractivity contribution in [2.45, 2.75) is 95.8 Å². The molecule has 0 saturated heterocycles. The first kappa shape index (κ1) is 31.5. The van der Waals surface area contributed by atoms with Crippen LogP contribution < -0.4 is 20.9 Å². The van der Waals surface area contributed by atoms with Gasteiger partial charge < -0.3 is 20.9 Å². The van der Waals surface area contributed by atoms with Gasteiger partial charge in [-0.1, -0.05) is 101 Å². The molecule has 0 spiro atoms. The third-order valence-corrected chi connectivity index (χ3v) is 9.43. The normalized spacial score (nSPS) is 14.8. The van der Waals surface area contributed by atoms with Gasteiger partial charge in [0.05, 0.1) is 0 Å². The van der Waals surface area contributed by atoms with E-state index in [0.717, 1.165) is 41.8 Å². The molecule has 5 rings (SSSR count). The highest BCUT2D eigenvalue weighted by atomic mass is 16.5. The highest BCUT2D eigenvalue weighted by molar-refractivity contribution is 5.48. The average Bonchev–Trinajstić information content (AvgIpc) is 3.03. The first-order chi connectivity index (χ1) is 21.5. The van der Waals surface area contributed by atoms with Gasteiger partial charge in [-0.2, -0.15) is 0 Å². The van der Waals surface area contributed by atoms with Crippen molar-refractivity contribution >= 4 is 11.4 Å². The Morgan fingerprint density at radius 1 is 0.568 bits per heavy atom. The van der Waals surface area contributed by atoms with Crippen LogP contribution in [0.25, 0.3) is 0 Å². The fourth-order valence-electron chi connectivity index (χ4n) is 6.88. The van der Waals surface area contributed by atoms with Crippen molar-refractivity contribution in [2.75, 3.05) is 11.5 Å². The van der Waals surface area contributed by atoms with Crippen LogP contribution in [-0.2, 0) is 5.41 Å². The zero-order chi connectivity index (χ0) is 30.6. The van der Waals surface area contributed by atoms with Gasteiger partial charge in [0.25, 0.3) is 0 Å². The summed E-state index contributed by atoms with van der Waals surface area (Å²) in [6, 6.07) is 32.6. The minimum atomic E-state index is -0.0266. The van der Waals surface area contributed by atoms with Crippen LogP contribution in [0.4, 0.5) is 11.4 Å². The second-order valence-electron chi connectivity index (χ2n) is 12.7. The summed E-state index contributed by atoms with van der Waals surface area (Å²) in [4.78, 5) is 0. The van der Waals surface area contributed by atoms with Crippen LogP contribution in [0.2, 0.25) is 0 Å². The minimum Gasteiger partial charge on any atom is -0.457 e. The molecule has 0 unspecified atom stereocenters. The van der Waals surface area contributed by atoms with Crippen LogP contribution in [0.5, 0.6) is 23.0 Å². The second-order valence-corrected chi connectivity index (χ2v) is 12.7. The summed E-state index contributed by atoms with van der Waals surface area (Å²) in [6.45, 7) is 2.29. The molecule has 0 aliphatic heterocycles. The fraction of sp³-hybridized carbons (Fsp3) is 0.400. The molecule has 1 saturated carbocycles. The van der Waals surface area contributed by atoms with E-state index in [1.165, 1.54) is 81.8 Å². The molecule has 4 nitrogen and oxygen atoms in total. The molecular weight excluding hydrogens is 540 g/mol. The molecule has 1 fully saturated rings. The smallest absolute Gasteiger partial charge is 0.129 e. The predicted molar refractivity (Wildman–Crippen MR) is 185 cm³/mol. The first-order valence-corrected chi connectivity index (χ1v) is 16.8. The Labute approximate surface area is 264 Å². The number of unbranched alkanes of at least 4 members (excludes halogenated alkanes) is 7. The minimum absolute atomic E-state index is 0.0266. The van der Waals surface area contributed by atoms with E-state index in [1.54, 1.807) is 0 Å². The van der Waals surface area contributed by atoms with Crippen molar-refractivity contribution in [3.05, 3.63) is 108 Å². The lowest BCUT2D eigenvalue weighted by atomic mass is 9.62. The SMILES string of the molecule is CCCCCCCCCCC1CCC(c2ccc(Oc3cccc(N)c3)cc2)(c2ccc(Oc3cccc(N)c3)cc2)CC1. The number of hydrogen-bond acceptors (Lipinski definition) is 4. The van der Waals surface area contributed by atoms with E-state index in [1.807, 2.05) is 48.5 Å². The maximum absolute atomic E-state index is 6.12. The maximum Gasteiger partial charge on any atom is 0.129 e. The predicted octanol–water partition coefficient (Wildman–Crippen LogP) is 11.4. The average molecular weight is 591 g/mol. The van der Waals surface area contributed by atoms with Crippen molar-refractivity contribution < 1.29 is 9.47 Å². The monoisotopic (exact) mass is 590 g/mol. The molecule has 1 aliphatic carbocycles. The lowest BCUT2D eigenvalue weighted by Gasteiger charge is -2.41. The van der Waals surface area contributed by atoms with Gasteiger partial charge in [0.2, 0.25) is 0 Å². The summed E-state index contributed by atoms with van der Waals surface area (Å²) in [5, 5.41) is 0. The molecule has 4 aromatic rings. The molecule has 0 amide bonds. The van der Waals surface area contributed by atoms with Crippen LogP contribution >= 0.6 is 0 Å². The first-order valence-electron chi connectivity index (χ1n) is 16.8. The maximum atomic E-state index is 6.12. The summed E-state index contributed by atoms with van der Waals surface area (Å²) in [5.41, 5.74) is 16.0. The van der Waals surface area contributed by atoms with Crippen LogP contribution in [-0.4, -0.2) is 0 Å². The van der Waals surface area contributed by atoms with Gasteiger partial charge in [0.1, 0.15) is 23.0 Å². The Balaban J connectivity index is 1.27. The van der Waals surface area contributed by atoms with Gasteiger partial charge in [0.15, 0.2) is 0 Å². The number of nitrogens with two attached hydrogens (primary N) is 2. The molecule has 1 aliphatic rings. The van der Waals surface area contributed by atoms with E-state index >= 15 is 0 Å². The number of rotatable bonds is 15. The Morgan fingerprint density at radius 3 is 1.48 bits per heavy atom. The summed E-state index contributed by atoms with van der Waals surface area (Å²) < 4.78 is 12.2. The Hall–Kier alpha value is -3.92. The number of anilines is 2. The van der Waals surface area contributed by atoms with Gasteiger partial charge in [-0.25, -0.2) is 0 Å². The topological polar surface area (TPSA) is 70.5 Å². The van der Waals surface area contributed by atoms with E-state index in [0.29, 0.717) is 11.4 Å². The third-order valence-electron chi connectivity index (χ3n) is 9.43. The molecular formula is C40H50N2O2. The quantitative estimate of drug-likeness (QED) is 0.107. The van der Waals surface area contributed by atoms with E-state index in [-0.39, 0.29) is 5.41 Å². The number of ether oxygens (including phenoxy) is 2. The second kappa shape index (κ2) is 15.7. The van der Waals surface area contributed by atoms with E-state index in [9.17, 15) is 0 Å². The standard InChI is InChI=1S/C40H50N2O2/c1-2-3-4-5-6-7-8-9-12-31-25-27-40(28-26-31,32-17-21-36(22-18-32)43-38-15-10-13-34(41)29-38)33-19-23-37(24-20-33)44-39-16-11-14-35(42)30-39/h10-11,13-24,29-31H,2-9,12,25-28,41-42H2,1H3. The Bertz CT molecular complexity index is 1330. The van der Waals surface area contributed by atoms with Gasteiger partial charge in [-0.15, -0.1) is 0 Å². The molecule has 232 valence electrons. The molecule has 4 aromatic carbocycles. The van der Waals surface area contributed by atoms with Gasteiger partial charge >= 0.3 is 0 Å². The van der Waals surface area contributed by atoms with Crippen molar-refractivity contribution in [3.8, 4) is 23.0 Å². The van der Waals surface area contributed by atoms with Crippen LogP contribution in [0.15, 0.2) is 97.1 Å². The molecule has 44 heavy (non-hydrogen) atoms. The number of nitrogen functional groups attached to an aromatic ring is 2. The molecule has 0 radical (unpaired) electrons. The summed E-state index contributed by atoms with van der Waals surface area (Å²) >= 11 is 0. The zero-order valence-electron chi connectivity index (χ0n) is 26.5. The van der Waals surface area contributed by atoms with Crippen molar-refractivity contribution in [2.24, 2.45) is 5.92 Å². The fourth-order valence-corrected chi connectivity index (χ4v) is 6.88. The summed E-state index contributed by atoms with van der Waals surface area (Å²) in [6.07, 6.45) is 17.3. The number of benzene rings is 4. The van der Waals surface area contributed by atoms with Gasteiger partial charge in [-0.05, 0) is 91.3 Å². The van der Waals surface area contributed by atoms with E-state index in [4.69, 9.17) is 20.9 Å². The van der Waals surface area contributed by atoms with Crippen molar-refractivity contribution in [3.63, 3.8) is 0 Å². The molecule has 0 aromatic heterocycles. The van der Waals surface area contributed by atoms with Crippen molar-refractivity contribution in [1.29, 1.82) is 0 Å². The van der Waals surface area contributed by atoms with Crippen molar-refractivity contribution in [1.82, 2.24) is 0 Å². The summed E-state index contributed by atoms with van der Waals surface area (Å²) in [5.74, 6) is 3.97. The van der Waals surface area contributed by atoms with E-state index in [2.05, 4.69) is 55.5 Å². The molecule has 0 bridgehead atoms. The lowest BCUT2D eigenvalue weighted by molar-refractivity contribution is 0.250. The van der Waals surface area contributed by atoms with Gasteiger partial charge in [-0.3, -0.25) is 0 Å². The molecule has 0 atom stereocenters. The molecule has 0 heterocycles. The summed E-state index contributed by atoms with van der Waals surface area (Å²) in [7, 11) is 0. The third kappa shape index (κ3) is 8.59. The highest BCUT2D eigenvalue weighted by Gasteiger charge is 2.38. The van der Waals surface area contributed by atoms with Crippen LogP contribution in [0.3, 0.4) is 0 Å². The Kier molecular flexibility index (Phi) is 11.2. The van der Waals surface area contributed by atoms with E-state index < -0.39 is 0 Å². The molecule has 4 heteroatoms. The lowest BCUT2D eigenvalue weighted by Crippen LogP contribution is -2.33. The van der Waals surface area contributed by atoms with Crippen LogP contribution in [0.1, 0.15) is 102 Å². The van der Waals surface area contributed by atoms with Crippen LogP contribution in [0, 0.1) is 5.92 Å². The number of hydrogen-bond donors (Lipinski definition) is 2. The molecule has 4 N–H and O–H groups in total. The largest absolute Gasteiger partial charge is 0.457 e.